The number of carboxylic acids is 1. The minimum Gasteiger partial charge on any atom is -0.478 e. The largest absolute Gasteiger partial charge is 0.478 e. The van der Waals surface area contributed by atoms with E-state index in [4.69, 9.17) is 9.47 Å². The van der Waals surface area contributed by atoms with Gasteiger partial charge in [-0.05, 0) is 18.2 Å². The number of amides is 1. The molecule has 1 aromatic heterocycles. The molecule has 2 atom stereocenters. The highest BCUT2D eigenvalue weighted by Crippen LogP contribution is 2.24. The monoisotopic (exact) mass is 344 g/mol. The SMILES string of the molecule is CC(=O)O[C@@H](C(=O)O)[C@H]1OCCN(c2ccc3cccnc3c2)C1=O. The molecule has 25 heavy (non-hydrogen) atoms. The van der Waals surface area contributed by atoms with Crippen molar-refractivity contribution in [3.05, 3.63) is 36.5 Å². The molecule has 1 aliphatic rings. The van der Waals surface area contributed by atoms with Gasteiger partial charge >= 0.3 is 11.9 Å². The molecule has 1 N–H and O–H groups in total. The van der Waals surface area contributed by atoms with Gasteiger partial charge in [0, 0.05) is 30.7 Å². The molecule has 1 aromatic carbocycles. The zero-order valence-electron chi connectivity index (χ0n) is 13.4. The standard InChI is InChI=1S/C17H16N2O6/c1-10(20)25-15(17(22)23)14-16(21)19(7-8-24-14)12-5-4-11-3-2-6-18-13(11)9-12/h2-6,9,14-15H,7-8H2,1H3,(H,22,23)/t14-,15-/m1/s1. The number of ether oxygens (including phenoxy) is 2. The number of pyridine rings is 1. The zero-order valence-corrected chi connectivity index (χ0v) is 13.4. The molecule has 0 bridgehead atoms. The number of nitrogens with zero attached hydrogens (tertiary/aromatic N) is 2. The summed E-state index contributed by atoms with van der Waals surface area (Å²) in [5, 5.41) is 10.2. The molecule has 0 saturated carbocycles. The summed E-state index contributed by atoms with van der Waals surface area (Å²) in [5.41, 5.74) is 1.29. The maximum Gasteiger partial charge on any atom is 0.348 e. The van der Waals surface area contributed by atoms with Crippen LogP contribution in [-0.4, -0.2) is 53.3 Å². The minimum atomic E-state index is -1.69. The first-order valence-electron chi connectivity index (χ1n) is 7.65. The predicted octanol–water partition coefficient (Wildman–Crippen LogP) is 0.983. The van der Waals surface area contributed by atoms with Crippen LogP contribution in [0.25, 0.3) is 10.9 Å². The summed E-state index contributed by atoms with van der Waals surface area (Å²) in [7, 11) is 0. The van der Waals surface area contributed by atoms with Crippen LogP contribution in [0.4, 0.5) is 5.69 Å². The topological polar surface area (TPSA) is 106 Å². The van der Waals surface area contributed by atoms with E-state index in [0.717, 1.165) is 12.3 Å². The third-order valence-corrected chi connectivity index (χ3v) is 3.83. The number of carbonyl (C=O) groups is 3. The highest BCUT2D eigenvalue weighted by atomic mass is 16.6. The lowest BCUT2D eigenvalue weighted by molar-refractivity contribution is -0.177. The van der Waals surface area contributed by atoms with Crippen molar-refractivity contribution in [1.82, 2.24) is 4.98 Å². The van der Waals surface area contributed by atoms with Crippen molar-refractivity contribution >= 4 is 34.4 Å². The van der Waals surface area contributed by atoms with Crippen LogP contribution in [0, 0.1) is 0 Å². The summed E-state index contributed by atoms with van der Waals surface area (Å²) in [4.78, 5) is 40.9. The third-order valence-electron chi connectivity index (χ3n) is 3.83. The summed E-state index contributed by atoms with van der Waals surface area (Å²) in [6.45, 7) is 1.47. The van der Waals surface area contributed by atoms with Gasteiger partial charge in [0.2, 0.25) is 6.10 Å². The van der Waals surface area contributed by atoms with Gasteiger partial charge in [-0.25, -0.2) is 4.79 Å². The fraction of sp³-hybridized carbons (Fsp3) is 0.294. The molecule has 0 radical (unpaired) electrons. The Bertz CT molecular complexity index is 837. The Balaban J connectivity index is 1.90. The van der Waals surface area contributed by atoms with Crippen molar-refractivity contribution in [1.29, 1.82) is 0 Å². The van der Waals surface area contributed by atoms with Gasteiger partial charge in [0.15, 0.2) is 6.10 Å². The molecule has 1 saturated heterocycles. The summed E-state index contributed by atoms with van der Waals surface area (Å²) >= 11 is 0. The predicted molar refractivity (Wildman–Crippen MR) is 87.0 cm³/mol. The molecule has 3 rings (SSSR count). The Morgan fingerprint density at radius 3 is 2.92 bits per heavy atom. The fourth-order valence-corrected chi connectivity index (χ4v) is 2.72. The Hall–Kier alpha value is -3.00. The van der Waals surface area contributed by atoms with Crippen LogP contribution in [0.1, 0.15) is 6.92 Å². The summed E-state index contributed by atoms with van der Waals surface area (Å²) in [6.07, 6.45) is -1.43. The number of carbonyl (C=O) groups excluding carboxylic acids is 2. The van der Waals surface area contributed by atoms with Crippen LogP contribution in [0.2, 0.25) is 0 Å². The maximum absolute atomic E-state index is 12.7. The van der Waals surface area contributed by atoms with Gasteiger partial charge in [-0.3, -0.25) is 14.6 Å². The van der Waals surface area contributed by atoms with Gasteiger partial charge in [-0.2, -0.15) is 0 Å². The number of fused-ring (bicyclic) bond motifs is 1. The molecule has 0 unspecified atom stereocenters. The number of esters is 1. The molecule has 0 aliphatic carbocycles. The Kier molecular flexibility index (Phi) is 4.62. The van der Waals surface area contributed by atoms with E-state index in [1.807, 2.05) is 18.2 Å². The maximum atomic E-state index is 12.7. The summed E-state index contributed by atoms with van der Waals surface area (Å²) in [5.74, 6) is -2.80. The van der Waals surface area contributed by atoms with Crippen molar-refractivity contribution in [2.45, 2.75) is 19.1 Å². The number of hydrogen-bond donors (Lipinski definition) is 1. The summed E-state index contributed by atoms with van der Waals surface area (Å²) < 4.78 is 10.0. The second-order valence-corrected chi connectivity index (χ2v) is 5.53. The molecule has 130 valence electrons. The van der Waals surface area contributed by atoms with Crippen molar-refractivity contribution in [3.63, 3.8) is 0 Å². The molecule has 8 heteroatoms. The molecule has 1 fully saturated rings. The number of morpholine rings is 1. The molecule has 1 aliphatic heterocycles. The highest BCUT2D eigenvalue weighted by Gasteiger charge is 2.42. The molecule has 2 aromatic rings. The average Bonchev–Trinajstić information content (AvgIpc) is 2.59. The zero-order chi connectivity index (χ0) is 18.0. The van der Waals surface area contributed by atoms with Gasteiger partial charge in [-0.1, -0.05) is 12.1 Å². The minimum absolute atomic E-state index is 0.127. The molecule has 1 amide bonds. The van der Waals surface area contributed by atoms with E-state index < -0.39 is 30.1 Å². The molecule has 8 nitrogen and oxygen atoms in total. The van der Waals surface area contributed by atoms with Crippen LogP contribution in [0.5, 0.6) is 0 Å². The van der Waals surface area contributed by atoms with Crippen molar-refractivity contribution in [3.8, 4) is 0 Å². The van der Waals surface area contributed by atoms with Gasteiger partial charge < -0.3 is 19.5 Å². The number of hydrogen-bond acceptors (Lipinski definition) is 6. The lowest BCUT2D eigenvalue weighted by atomic mass is 10.1. The first-order valence-corrected chi connectivity index (χ1v) is 7.65. The van der Waals surface area contributed by atoms with Crippen LogP contribution in [0.15, 0.2) is 36.5 Å². The Morgan fingerprint density at radius 1 is 1.40 bits per heavy atom. The van der Waals surface area contributed by atoms with Crippen LogP contribution >= 0.6 is 0 Å². The van der Waals surface area contributed by atoms with E-state index in [9.17, 15) is 19.5 Å². The lowest BCUT2D eigenvalue weighted by Gasteiger charge is -2.34. The van der Waals surface area contributed by atoms with E-state index in [2.05, 4.69) is 4.98 Å². The first-order chi connectivity index (χ1) is 12.0. The third kappa shape index (κ3) is 3.43. The van der Waals surface area contributed by atoms with E-state index in [1.165, 1.54) is 4.90 Å². The average molecular weight is 344 g/mol. The Labute approximate surface area is 143 Å². The van der Waals surface area contributed by atoms with E-state index in [0.29, 0.717) is 11.2 Å². The van der Waals surface area contributed by atoms with Crippen LogP contribution in [-0.2, 0) is 23.9 Å². The normalized spacial score (nSPS) is 18.8. The van der Waals surface area contributed by atoms with Crippen molar-refractivity contribution in [2.75, 3.05) is 18.1 Å². The Morgan fingerprint density at radius 2 is 2.20 bits per heavy atom. The first kappa shape index (κ1) is 16.8. The molecular formula is C17H16N2O6. The van der Waals surface area contributed by atoms with E-state index in [-0.39, 0.29) is 13.2 Å². The van der Waals surface area contributed by atoms with Crippen molar-refractivity contribution < 1.29 is 29.0 Å². The smallest absolute Gasteiger partial charge is 0.348 e. The molecular weight excluding hydrogens is 328 g/mol. The van der Waals surface area contributed by atoms with E-state index >= 15 is 0 Å². The van der Waals surface area contributed by atoms with E-state index in [1.54, 1.807) is 18.3 Å². The van der Waals surface area contributed by atoms with Crippen molar-refractivity contribution in [2.24, 2.45) is 0 Å². The number of anilines is 1. The van der Waals surface area contributed by atoms with Gasteiger partial charge in [0.1, 0.15) is 0 Å². The highest BCUT2D eigenvalue weighted by molar-refractivity contribution is 6.01. The molecule has 2 heterocycles. The quantitative estimate of drug-likeness (QED) is 0.824. The fourth-order valence-electron chi connectivity index (χ4n) is 2.72. The van der Waals surface area contributed by atoms with Gasteiger partial charge in [0.05, 0.1) is 12.1 Å². The van der Waals surface area contributed by atoms with Gasteiger partial charge in [-0.15, -0.1) is 0 Å². The number of aliphatic carboxylic acids is 1. The summed E-state index contributed by atoms with van der Waals surface area (Å²) in [6, 6.07) is 9.05. The number of carboxylic acid groups (broad SMARTS) is 1. The number of benzene rings is 1. The second-order valence-electron chi connectivity index (χ2n) is 5.53. The second kappa shape index (κ2) is 6.86. The van der Waals surface area contributed by atoms with Gasteiger partial charge in [0.25, 0.3) is 5.91 Å². The lowest BCUT2D eigenvalue weighted by Crippen LogP contribution is -2.55. The van der Waals surface area contributed by atoms with Crippen LogP contribution < -0.4 is 4.90 Å². The van der Waals surface area contributed by atoms with Crippen LogP contribution in [0.3, 0.4) is 0 Å². The number of rotatable bonds is 4. The molecule has 0 spiro atoms. The number of aromatic nitrogens is 1.